The molecule has 0 atom stereocenters. The molecule has 0 spiro atoms. The Bertz CT molecular complexity index is 2090. The zero-order valence-corrected chi connectivity index (χ0v) is 29.3. The first-order chi connectivity index (χ1) is 24.6. The lowest BCUT2D eigenvalue weighted by Crippen LogP contribution is -2.75. The summed E-state index contributed by atoms with van der Waals surface area (Å²) in [4.78, 5) is 50.9. The van der Waals surface area contributed by atoms with E-state index in [0.717, 1.165) is 25.2 Å². The average molecular weight is 699 g/mol. The molecule has 4 saturated carbocycles. The number of phenols is 1. The van der Waals surface area contributed by atoms with Crippen molar-refractivity contribution in [2.45, 2.75) is 57.5 Å². The van der Waals surface area contributed by atoms with Gasteiger partial charge in [0.2, 0.25) is 17.2 Å². The lowest BCUT2D eigenvalue weighted by Gasteiger charge is -2.71. The third-order valence-corrected chi connectivity index (χ3v) is 11.2. The van der Waals surface area contributed by atoms with Gasteiger partial charge in [-0.05, 0) is 55.9 Å². The van der Waals surface area contributed by atoms with Gasteiger partial charge in [0.25, 0.3) is 5.91 Å². The number of aromatic hydroxyl groups is 1. The molecule has 4 heterocycles. The smallest absolute Gasteiger partial charge is 0.261 e. The fourth-order valence-corrected chi connectivity index (χ4v) is 8.70. The number of nitrogens with one attached hydrogen (secondary N) is 1. The predicted octanol–water partition coefficient (Wildman–Crippen LogP) is 2.68. The number of carbonyl (C=O) groups excluding carboxylic acids is 2. The lowest BCUT2D eigenvalue weighted by molar-refractivity contribution is -0.176. The summed E-state index contributed by atoms with van der Waals surface area (Å²) in [7, 11) is 4.41. The second-order valence-corrected chi connectivity index (χ2v) is 14.3. The molecule has 0 unspecified atom stereocenters. The Morgan fingerprint density at radius 3 is 2.39 bits per heavy atom. The maximum Gasteiger partial charge on any atom is 0.261 e. The van der Waals surface area contributed by atoms with Crippen molar-refractivity contribution in [2.75, 3.05) is 52.4 Å². The highest BCUT2D eigenvalue weighted by Gasteiger charge is 2.72. The van der Waals surface area contributed by atoms with E-state index in [0.29, 0.717) is 59.3 Å². The zero-order valence-electron chi connectivity index (χ0n) is 29.3. The summed E-state index contributed by atoms with van der Waals surface area (Å²) in [6, 6.07) is 6.32. The van der Waals surface area contributed by atoms with Crippen LogP contribution in [0.25, 0.3) is 16.9 Å². The van der Waals surface area contributed by atoms with Crippen molar-refractivity contribution in [3.8, 4) is 28.8 Å². The number of fused-ring (bicyclic) bond motifs is 1. The van der Waals surface area contributed by atoms with E-state index in [2.05, 4.69) is 15.4 Å². The number of pyridine rings is 2. The summed E-state index contributed by atoms with van der Waals surface area (Å²) in [6.07, 6.45) is 7.78. The van der Waals surface area contributed by atoms with Crippen LogP contribution < -0.4 is 29.9 Å². The third kappa shape index (κ3) is 5.40. The molecular weight excluding hydrogens is 656 g/mol. The SMILES string of the molecule is CCc1c(N2CCN(C(=O)c3c(O)cc(OC)cc3OC)CC2)c(=O)c2nn(-c3ccnc(OC)c3)nc2n1CC(=O)NC12CC(C3CC3)(C1)C2. The lowest BCUT2D eigenvalue weighted by atomic mass is 9.37. The van der Waals surface area contributed by atoms with Crippen LogP contribution in [0.5, 0.6) is 23.1 Å². The number of aromatic nitrogens is 5. The number of phenolic OH excluding ortho intramolecular Hbond substituents is 1. The number of rotatable bonds is 11. The molecule has 0 radical (unpaired) electrons. The van der Waals surface area contributed by atoms with Crippen molar-refractivity contribution in [3.05, 3.63) is 51.9 Å². The maximum atomic E-state index is 14.4. The number of ether oxygens (including phenoxy) is 3. The van der Waals surface area contributed by atoms with E-state index in [1.54, 1.807) is 29.3 Å². The van der Waals surface area contributed by atoms with Gasteiger partial charge in [0.1, 0.15) is 35.0 Å². The summed E-state index contributed by atoms with van der Waals surface area (Å²) in [5.41, 5.74) is 2.17. The van der Waals surface area contributed by atoms with Crippen LogP contribution in [0.2, 0.25) is 0 Å². The second kappa shape index (κ2) is 12.2. The van der Waals surface area contributed by atoms with E-state index in [9.17, 15) is 19.5 Å². The van der Waals surface area contributed by atoms with Gasteiger partial charge in [-0.25, -0.2) is 4.98 Å². The summed E-state index contributed by atoms with van der Waals surface area (Å²) in [5.74, 6) is 1.02. The topological polar surface area (TPSA) is 166 Å². The van der Waals surface area contributed by atoms with Crippen molar-refractivity contribution in [3.63, 3.8) is 0 Å². The van der Waals surface area contributed by atoms with Gasteiger partial charge in [-0.15, -0.1) is 15.0 Å². The molecular formula is C36H42N8O7. The van der Waals surface area contributed by atoms with E-state index in [-0.39, 0.29) is 65.0 Å². The Kier molecular flexibility index (Phi) is 7.83. The molecule has 15 nitrogen and oxygen atoms in total. The van der Waals surface area contributed by atoms with Gasteiger partial charge in [0, 0.05) is 61.8 Å². The van der Waals surface area contributed by atoms with E-state index in [1.165, 1.54) is 45.0 Å². The Morgan fingerprint density at radius 1 is 1.00 bits per heavy atom. The molecule has 1 aromatic carbocycles. The van der Waals surface area contributed by atoms with Crippen LogP contribution in [0.3, 0.4) is 0 Å². The first-order valence-electron chi connectivity index (χ1n) is 17.4. The number of amides is 2. The minimum atomic E-state index is -0.389. The molecule has 5 aliphatic rings. The maximum absolute atomic E-state index is 14.4. The number of hydrogen-bond donors (Lipinski definition) is 2. The summed E-state index contributed by atoms with van der Waals surface area (Å²) >= 11 is 0. The van der Waals surface area contributed by atoms with Crippen molar-refractivity contribution >= 4 is 28.7 Å². The number of methoxy groups -OCH3 is 3. The quantitative estimate of drug-likeness (QED) is 0.237. The molecule has 3 aromatic heterocycles. The molecule has 2 N–H and O–H groups in total. The fraction of sp³-hybridized carbons (Fsp3) is 0.500. The van der Waals surface area contributed by atoms with Crippen molar-refractivity contribution in [1.82, 2.24) is 34.8 Å². The predicted molar refractivity (Wildman–Crippen MR) is 186 cm³/mol. The van der Waals surface area contributed by atoms with Gasteiger partial charge >= 0.3 is 0 Å². The Labute approximate surface area is 294 Å². The molecule has 15 heteroatoms. The minimum Gasteiger partial charge on any atom is -0.507 e. The van der Waals surface area contributed by atoms with Crippen LogP contribution in [0.4, 0.5) is 5.69 Å². The number of nitrogens with zero attached hydrogens (tertiary/aromatic N) is 7. The largest absolute Gasteiger partial charge is 0.507 e. The number of carbonyl (C=O) groups is 2. The monoisotopic (exact) mass is 698 g/mol. The van der Waals surface area contributed by atoms with Gasteiger partial charge in [0.05, 0.1) is 27.0 Å². The Balaban J connectivity index is 1.11. The molecule has 2 amide bonds. The zero-order chi connectivity index (χ0) is 35.7. The van der Waals surface area contributed by atoms with Gasteiger partial charge in [-0.1, -0.05) is 6.92 Å². The highest BCUT2D eigenvalue weighted by molar-refractivity contribution is 6.00. The Hall–Kier alpha value is -5.34. The van der Waals surface area contributed by atoms with E-state index in [1.807, 2.05) is 16.4 Å². The van der Waals surface area contributed by atoms with E-state index in [4.69, 9.17) is 19.3 Å². The first-order valence-corrected chi connectivity index (χ1v) is 17.4. The number of piperazine rings is 1. The van der Waals surface area contributed by atoms with E-state index >= 15 is 0 Å². The Morgan fingerprint density at radius 2 is 1.75 bits per heavy atom. The van der Waals surface area contributed by atoms with Crippen LogP contribution in [-0.4, -0.2) is 99.4 Å². The van der Waals surface area contributed by atoms with Gasteiger partial charge < -0.3 is 39.0 Å². The van der Waals surface area contributed by atoms with Crippen LogP contribution in [0.15, 0.2) is 35.3 Å². The van der Waals surface area contributed by atoms with Gasteiger partial charge in [-0.3, -0.25) is 14.4 Å². The minimum absolute atomic E-state index is 0.0154. The summed E-state index contributed by atoms with van der Waals surface area (Å²) in [5, 5.41) is 23.4. The van der Waals surface area contributed by atoms with Crippen molar-refractivity contribution in [1.29, 1.82) is 0 Å². The molecule has 1 aliphatic heterocycles. The molecule has 2 bridgehead atoms. The summed E-state index contributed by atoms with van der Waals surface area (Å²) < 4.78 is 17.8. The van der Waals surface area contributed by atoms with Gasteiger partial charge in [0.15, 0.2) is 11.2 Å². The average Bonchev–Trinajstić information content (AvgIpc) is 3.86. The van der Waals surface area contributed by atoms with Gasteiger partial charge in [-0.2, -0.15) is 0 Å². The van der Waals surface area contributed by atoms with Crippen LogP contribution in [0.1, 0.15) is 55.1 Å². The molecule has 5 fully saturated rings. The van der Waals surface area contributed by atoms with Crippen molar-refractivity contribution in [2.24, 2.45) is 11.3 Å². The van der Waals surface area contributed by atoms with Crippen molar-refractivity contribution < 1.29 is 28.9 Å². The molecule has 9 rings (SSSR count). The second-order valence-electron chi connectivity index (χ2n) is 14.3. The van der Waals surface area contributed by atoms with Crippen LogP contribution in [-0.2, 0) is 17.8 Å². The standard InChI is InChI=1S/C36H42N8O7/c1-5-24-31(41-10-12-42(13-11-41)34(48)29-25(45)15-23(49-2)16-26(29)50-3)32(47)30-33(40-44(39-30)22-8-9-37-28(14-22)51-4)43(24)17-27(46)38-36-18-35(19-36,20-36)21-6-7-21/h8-9,14-16,21,45H,5-7,10-13,17-20H2,1-4H3,(H,38,46). The normalized spacial score (nSPS) is 22.3. The molecule has 4 aromatic rings. The van der Waals surface area contributed by atoms with Crippen LogP contribution in [0, 0.1) is 11.3 Å². The van der Waals surface area contributed by atoms with E-state index < -0.39 is 0 Å². The molecule has 4 aliphatic carbocycles. The fourth-order valence-electron chi connectivity index (χ4n) is 8.70. The first kappa shape index (κ1) is 32.8. The molecule has 268 valence electrons. The highest BCUT2D eigenvalue weighted by atomic mass is 16.5. The third-order valence-electron chi connectivity index (χ3n) is 11.2. The summed E-state index contributed by atoms with van der Waals surface area (Å²) in [6.45, 7) is 3.18. The number of hydrogen-bond acceptors (Lipinski definition) is 11. The van der Waals surface area contributed by atoms with Crippen LogP contribution >= 0.6 is 0 Å². The molecule has 1 saturated heterocycles. The molecule has 51 heavy (non-hydrogen) atoms. The highest BCUT2D eigenvalue weighted by Crippen LogP contribution is 2.75. The number of benzene rings is 1. The number of anilines is 1.